The molecule has 74 valence electrons. The van der Waals surface area contributed by atoms with Crippen molar-refractivity contribution in [1.29, 1.82) is 0 Å². The van der Waals surface area contributed by atoms with E-state index in [4.69, 9.17) is 0 Å². The molecule has 0 N–H and O–H groups in total. The molecule has 1 rings (SSSR count). The molecule has 12 heavy (non-hydrogen) atoms. The van der Waals surface area contributed by atoms with Crippen LogP contribution in [0.2, 0.25) is 0 Å². The smallest absolute Gasteiger partial charge is 0.00188 e. The number of hydrogen-bond acceptors (Lipinski definition) is 2. The van der Waals surface area contributed by atoms with E-state index in [0.29, 0.717) is 0 Å². The van der Waals surface area contributed by atoms with Gasteiger partial charge in [-0.1, -0.05) is 13.3 Å². The van der Waals surface area contributed by atoms with Crippen molar-refractivity contribution in [2.24, 2.45) is 0 Å². The van der Waals surface area contributed by atoms with Gasteiger partial charge in [0.25, 0.3) is 0 Å². The third kappa shape index (κ3) is 8.02. The Morgan fingerprint density at radius 3 is 1.67 bits per heavy atom. The largest absolute Gasteiger partial charge is 0.312 e. The Morgan fingerprint density at radius 1 is 1.00 bits per heavy atom. The lowest BCUT2D eigenvalue weighted by Gasteiger charge is -2.24. The van der Waals surface area contributed by atoms with Gasteiger partial charge in [-0.15, -0.1) is 0 Å². The second-order valence-electron chi connectivity index (χ2n) is 3.84. The minimum absolute atomic E-state index is 1.25. The molecular formula is C10H24N2. The highest BCUT2D eigenvalue weighted by Gasteiger charge is 2.05. The molecule has 0 saturated carbocycles. The number of likely N-dealkylation sites (tertiary alicyclic amines) is 1. The zero-order valence-electron chi connectivity index (χ0n) is 9.14. The molecule has 2 nitrogen and oxygen atoms in total. The Kier molecular flexibility index (Phi) is 7.51. The van der Waals surface area contributed by atoms with Crippen LogP contribution in [0.5, 0.6) is 0 Å². The minimum atomic E-state index is 1.25. The minimum Gasteiger partial charge on any atom is -0.312 e. The maximum Gasteiger partial charge on any atom is -0.00188 e. The van der Waals surface area contributed by atoms with Gasteiger partial charge in [-0.05, 0) is 53.6 Å². The lowest BCUT2D eigenvalue weighted by Crippen LogP contribution is -2.29. The van der Waals surface area contributed by atoms with Crippen LogP contribution in [0, 0.1) is 0 Å². The molecule has 0 spiro atoms. The van der Waals surface area contributed by atoms with Gasteiger partial charge in [-0.25, -0.2) is 0 Å². The summed E-state index contributed by atoms with van der Waals surface area (Å²) in [5.74, 6) is 0. The van der Waals surface area contributed by atoms with Gasteiger partial charge >= 0.3 is 0 Å². The van der Waals surface area contributed by atoms with E-state index in [1.807, 2.05) is 26.0 Å². The second kappa shape index (κ2) is 7.56. The highest BCUT2D eigenvalue weighted by Crippen LogP contribution is 2.06. The van der Waals surface area contributed by atoms with Crippen LogP contribution in [0.3, 0.4) is 0 Å². The fourth-order valence-electron chi connectivity index (χ4n) is 1.28. The third-order valence-electron chi connectivity index (χ3n) is 1.90. The van der Waals surface area contributed by atoms with Crippen LogP contribution in [-0.2, 0) is 0 Å². The highest BCUT2D eigenvalue weighted by molar-refractivity contribution is 4.61. The Labute approximate surface area is 77.5 Å². The van der Waals surface area contributed by atoms with Crippen LogP contribution in [0.15, 0.2) is 0 Å². The maximum atomic E-state index is 2.52. The van der Waals surface area contributed by atoms with Gasteiger partial charge in [0, 0.05) is 0 Å². The molecule has 1 aliphatic rings. The van der Waals surface area contributed by atoms with E-state index in [1.54, 1.807) is 0 Å². The first-order valence-electron chi connectivity index (χ1n) is 5.00. The number of hydrogen-bond donors (Lipinski definition) is 0. The lowest BCUT2D eigenvalue weighted by molar-refractivity contribution is 0.240. The summed E-state index contributed by atoms with van der Waals surface area (Å²) in [6.07, 6.45) is 4.30. The molecule has 1 heterocycles. The summed E-state index contributed by atoms with van der Waals surface area (Å²) < 4.78 is 0. The molecular weight excluding hydrogens is 148 g/mol. The predicted octanol–water partition coefficient (Wildman–Crippen LogP) is 1.67. The van der Waals surface area contributed by atoms with E-state index in [9.17, 15) is 0 Å². The van der Waals surface area contributed by atoms with Crippen LogP contribution in [0.4, 0.5) is 0 Å². The van der Waals surface area contributed by atoms with Crippen LogP contribution in [0.1, 0.15) is 26.2 Å². The molecule has 1 saturated heterocycles. The van der Waals surface area contributed by atoms with Gasteiger partial charge in [-0.2, -0.15) is 0 Å². The van der Waals surface area contributed by atoms with E-state index >= 15 is 0 Å². The molecule has 1 fully saturated rings. The van der Waals surface area contributed by atoms with Gasteiger partial charge in [0.05, 0.1) is 0 Å². The number of nitrogens with zero attached hydrogens (tertiary/aromatic N) is 2. The van der Waals surface area contributed by atoms with Gasteiger partial charge in [0.2, 0.25) is 0 Å². The Hall–Kier alpha value is -0.0800. The summed E-state index contributed by atoms with van der Waals surface area (Å²) in [6, 6.07) is 0. The van der Waals surface area contributed by atoms with E-state index < -0.39 is 0 Å². The summed E-state index contributed by atoms with van der Waals surface area (Å²) >= 11 is 0. The fourth-order valence-corrected chi connectivity index (χ4v) is 1.28. The van der Waals surface area contributed by atoms with Gasteiger partial charge < -0.3 is 9.80 Å². The van der Waals surface area contributed by atoms with E-state index in [1.165, 1.54) is 38.9 Å². The molecule has 0 bridgehead atoms. The standard InChI is InChI=1S/C7H15N.C3H9N/c1-2-8-6-4-3-5-7-8;1-4(2)3/h2-7H2,1H3;1-3H3. The van der Waals surface area contributed by atoms with Crippen molar-refractivity contribution >= 4 is 0 Å². The van der Waals surface area contributed by atoms with Crippen LogP contribution in [-0.4, -0.2) is 50.6 Å². The van der Waals surface area contributed by atoms with Crippen molar-refractivity contribution in [3.63, 3.8) is 0 Å². The van der Waals surface area contributed by atoms with Gasteiger partial charge in [0.15, 0.2) is 0 Å². The van der Waals surface area contributed by atoms with Crippen molar-refractivity contribution in [1.82, 2.24) is 9.80 Å². The quantitative estimate of drug-likeness (QED) is 0.593. The molecule has 0 aromatic rings. The van der Waals surface area contributed by atoms with E-state index in [-0.39, 0.29) is 0 Å². The first kappa shape index (κ1) is 11.9. The monoisotopic (exact) mass is 172 g/mol. The average Bonchev–Trinajstić information content (AvgIpc) is 2.05. The third-order valence-corrected chi connectivity index (χ3v) is 1.90. The first-order valence-corrected chi connectivity index (χ1v) is 5.00. The summed E-state index contributed by atoms with van der Waals surface area (Å²) in [4.78, 5) is 4.52. The Morgan fingerprint density at radius 2 is 1.42 bits per heavy atom. The normalized spacial score (nSPS) is 18.8. The molecule has 0 aromatic heterocycles. The van der Waals surface area contributed by atoms with Crippen molar-refractivity contribution in [2.75, 3.05) is 40.8 Å². The fraction of sp³-hybridized carbons (Fsp3) is 1.00. The molecule has 0 atom stereocenters. The van der Waals surface area contributed by atoms with Crippen molar-refractivity contribution < 1.29 is 0 Å². The number of piperidine rings is 1. The van der Waals surface area contributed by atoms with Crippen molar-refractivity contribution in [3.05, 3.63) is 0 Å². The molecule has 1 aliphatic heterocycles. The molecule has 2 heteroatoms. The van der Waals surface area contributed by atoms with E-state index in [0.717, 1.165) is 0 Å². The molecule has 0 radical (unpaired) electrons. The second-order valence-corrected chi connectivity index (χ2v) is 3.84. The van der Waals surface area contributed by atoms with E-state index in [2.05, 4.69) is 11.8 Å². The maximum absolute atomic E-state index is 2.52. The van der Waals surface area contributed by atoms with Crippen molar-refractivity contribution in [3.8, 4) is 0 Å². The van der Waals surface area contributed by atoms with Crippen LogP contribution in [0.25, 0.3) is 0 Å². The topological polar surface area (TPSA) is 6.48 Å². The first-order chi connectivity index (χ1) is 5.66. The van der Waals surface area contributed by atoms with Gasteiger partial charge in [0.1, 0.15) is 0 Å². The molecule has 0 aromatic carbocycles. The Bertz CT molecular complexity index is 83.1. The predicted molar refractivity (Wildman–Crippen MR) is 55.6 cm³/mol. The SMILES string of the molecule is CCN1CCCCC1.CN(C)C. The Balaban J connectivity index is 0.000000261. The summed E-state index contributed by atoms with van der Waals surface area (Å²) in [6.45, 7) is 6.18. The van der Waals surface area contributed by atoms with Crippen LogP contribution >= 0.6 is 0 Å². The van der Waals surface area contributed by atoms with Gasteiger partial charge in [-0.3, -0.25) is 0 Å². The summed E-state index contributed by atoms with van der Waals surface area (Å²) in [5, 5.41) is 0. The molecule has 0 amide bonds. The summed E-state index contributed by atoms with van der Waals surface area (Å²) in [5.41, 5.74) is 0. The molecule has 0 aliphatic carbocycles. The zero-order valence-corrected chi connectivity index (χ0v) is 9.14. The van der Waals surface area contributed by atoms with Crippen LogP contribution < -0.4 is 0 Å². The zero-order chi connectivity index (χ0) is 9.40. The lowest BCUT2D eigenvalue weighted by atomic mass is 10.1. The van der Waals surface area contributed by atoms with Crippen molar-refractivity contribution in [2.45, 2.75) is 26.2 Å². The number of rotatable bonds is 1. The summed E-state index contributed by atoms with van der Waals surface area (Å²) in [7, 11) is 6.00. The average molecular weight is 172 g/mol. The molecule has 0 unspecified atom stereocenters. The highest BCUT2D eigenvalue weighted by atomic mass is 15.1.